The summed E-state index contributed by atoms with van der Waals surface area (Å²) in [4.78, 5) is 27.9. The molecule has 0 spiro atoms. The van der Waals surface area contributed by atoms with Gasteiger partial charge in [0.1, 0.15) is 6.04 Å². The largest absolute Gasteiger partial charge is 0.355 e. The van der Waals surface area contributed by atoms with Crippen LogP contribution in [0.15, 0.2) is 47.4 Å². The fraction of sp³-hybridized carbons (Fsp3) is 0.333. The van der Waals surface area contributed by atoms with Crippen LogP contribution in [0.2, 0.25) is 10.0 Å². The Morgan fingerprint density at radius 2 is 1.79 bits per heavy atom. The van der Waals surface area contributed by atoms with Crippen LogP contribution in [0.3, 0.4) is 0 Å². The first-order valence-electron chi connectivity index (χ1n) is 9.02. The van der Waals surface area contributed by atoms with Gasteiger partial charge in [-0.15, -0.1) is 11.8 Å². The molecule has 0 fully saturated rings. The van der Waals surface area contributed by atoms with Gasteiger partial charge in [-0.1, -0.05) is 47.0 Å². The second kappa shape index (κ2) is 10.7. The lowest BCUT2D eigenvalue weighted by atomic mass is 10.1. The number of carbonyl (C=O) groups is 2. The van der Waals surface area contributed by atoms with E-state index in [0.29, 0.717) is 16.6 Å². The molecule has 7 heteroatoms. The summed E-state index contributed by atoms with van der Waals surface area (Å²) >= 11 is 13.5. The first kappa shape index (κ1) is 22.6. The van der Waals surface area contributed by atoms with E-state index in [2.05, 4.69) is 5.32 Å². The highest BCUT2D eigenvalue weighted by molar-refractivity contribution is 8.00. The summed E-state index contributed by atoms with van der Waals surface area (Å²) < 4.78 is 0. The van der Waals surface area contributed by atoms with Gasteiger partial charge in [-0.25, -0.2) is 0 Å². The van der Waals surface area contributed by atoms with Gasteiger partial charge in [-0.2, -0.15) is 0 Å². The number of likely N-dealkylation sites (N-methyl/N-ethyl adjacent to an activating group) is 1. The number of rotatable bonds is 8. The molecule has 0 aliphatic heterocycles. The lowest BCUT2D eigenvalue weighted by Crippen LogP contribution is -2.48. The second-order valence-electron chi connectivity index (χ2n) is 6.44. The van der Waals surface area contributed by atoms with Crippen LogP contribution in [0.5, 0.6) is 0 Å². The summed E-state index contributed by atoms with van der Waals surface area (Å²) in [5, 5.41) is 3.66. The molecule has 1 atom stereocenters. The Balaban J connectivity index is 2.15. The maximum absolute atomic E-state index is 13.0. The Hall–Kier alpha value is -1.69. The minimum Gasteiger partial charge on any atom is -0.355 e. The number of nitrogens with zero attached hydrogens (tertiary/aromatic N) is 1. The number of nitrogens with one attached hydrogen (secondary N) is 1. The maximum atomic E-state index is 13.0. The Morgan fingerprint density at radius 3 is 2.39 bits per heavy atom. The van der Waals surface area contributed by atoms with E-state index >= 15 is 0 Å². The molecule has 28 heavy (non-hydrogen) atoms. The van der Waals surface area contributed by atoms with E-state index < -0.39 is 6.04 Å². The number of hydrogen-bond acceptors (Lipinski definition) is 3. The third-order valence-electron chi connectivity index (χ3n) is 4.24. The zero-order valence-corrected chi connectivity index (χ0v) is 18.5. The van der Waals surface area contributed by atoms with E-state index in [1.165, 1.54) is 17.3 Å². The van der Waals surface area contributed by atoms with Gasteiger partial charge in [0, 0.05) is 18.0 Å². The lowest BCUT2D eigenvalue weighted by molar-refractivity contribution is -0.138. The van der Waals surface area contributed by atoms with Gasteiger partial charge in [0.2, 0.25) is 11.8 Å². The molecule has 0 aliphatic rings. The first-order chi connectivity index (χ1) is 13.3. The van der Waals surface area contributed by atoms with E-state index in [1.807, 2.05) is 44.2 Å². The minimum absolute atomic E-state index is 0.115. The smallest absolute Gasteiger partial charge is 0.242 e. The molecule has 2 rings (SSSR count). The molecule has 2 amide bonds. The SMILES string of the molecule is CCNC(=O)C(C)N(Cc1ccc(Cl)c(Cl)c1)C(=O)CSc1ccc(C)cc1. The predicted molar refractivity (Wildman–Crippen MR) is 117 cm³/mol. The van der Waals surface area contributed by atoms with Crippen molar-refractivity contribution >= 4 is 46.8 Å². The lowest BCUT2D eigenvalue weighted by Gasteiger charge is -2.28. The van der Waals surface area contributed by atoms with Crippen LogP contribution in [0.4, 0.5) is 0 Å². The number of amides is 2. The van der Waals surface area contributed by atoms with Crippen LogP contribution >= 0.6 is 35.0 Å². The second-order valence-corrected chi connectivity index (χ2v) is 8.31. The van der Waals surface area contributed by atoms with Crippen molar-refractivity contribution in [1.82, 2.24) is 10.2 Å². The van der Waals surface area contributed by atoms with E-state index in [9.17, 15) is 9.59 Å². The maximum Gasteiger partial charge on any atom is 0.242 e. The average molecular weight is 439 g/mol. The molecule has 2 aromatic carbocycles. The Bertz CT molecular complexity index is 828. The third kappa shape index (κ3) is 6.43. The van der Waals surface area contributed by atoms with E-state index in [4.69, 9.17) is 23.2 Å². The van der Waals surface area contributed by atoms with Crippen LogP contribution < -0.4 is 5.32 Å². The topological polar surface area (TPSA) is 49.4 Å². The number of halogens is 2. The normalized spacial score (nSPS) is 11.8. The van der Waals surface area contributed by atoms with Crippen molar-refractivity contribution < 1.29 is 9.59 Å². The summed E-state index contributed by atoms with van der Waals surface area (Å²) in [6.45, 7) is 6.39. The highest BCUT2D eigenvalue weighted by atomic mass is 35.5. The molecule has 0 radical (unpaired) electrons. The van der Waals surface area contributed by atoms with Crippen molar-refractivity contribution in [2.75, 3.05) is 12.3 Å². The number of thioether (sulfide) groups is 1. The van der Waals surface area contributed by atoms with Crippen molar-refractivity contribution in [1.29, 1.82) is 0 Å². The van der Waals surface area contributed by atoms with Crippen molar-refractivity contribution in [3.63, 3.8) is 0 Å². The number of hydrogen-bond donors (Lipinski definition) is 1. The van der Waals surface area contributed by atoms with Crippen LogP contribution in [-0.2, 0) is 16.1 Å². The fourth-order valence-corrected chi connectivity index (χ4v) is 3.71. The Kier molecular flexibility index (Phi) is 8.67. The molecule has 0 saturated heterocycles. The number of aryl methyl sites for hydroxylation is 1. The molecule has 0 aromatic heterocycles. The van der Waals surface area contributed by atoms with Gasteiger partial charge in [-0.3, -0.25) is 9.59 Å². The van der Waals surface area contributed by atoms with Gasteiger partial charge in [0.15, 0.2) is 0 Å². The van der Waals surface area contributed by atoms with Crippen molar-refractivity contribution in [3.05, 3.63) is 63.6 Å². The highest BCUT2D eigenvalue weighted by Crippen LogP contribution is 2.25. The first-order valence-corrected chi connectivity index (χ1v) is 10.8. The zero-order chi connectivity index (χ0) is 20.7. The van der Waals surface area contributed by atoms with Gasteiger partial charge >= 0.3 is 0 Å². The highest BCUT2D eigenvalue weighted by Gasteiger charge is 2.26. The van der Waals surface area contributed by atoms with Crippen molar-refractivity contribution in [2.45, 2.75) is 38.3 Å². The van der Waals surface area contributed by atoms with Gasteiger partial charge in [0.25, 0.3) is 0 Å². The predicted octanol–water partition coefficient (Wildman–Crippen LogP) is 4.95. The minimum atomic E-state index is -0.597. The zero-order valence-electron chi connectivity index (χ0n) is 16.2. The van der Waals surface area contributed by atoms with E-state index in [0.717, 1.165) is 10.5 Å². The third-order valence-corrected chi connectivity index (χ3v) is 5.97. The molecule has 0 saturated carbocycles. The molecule has 0 heterocycles. The van der Waals surface area contributed by atoms with E-state index in [1.54, 1.807) is 24.0 Å². The molecule has 0 aliphatic carbocycles. The Labute approximate surface area is 180 Å². The Morgan fingerprint density at radius 1 is 1.11 bits per heavy atom. The van der Waals surface area contributed by atoms with Crippen LogP contribution in [0.1, 0.15) is 25.0 Å². The van der Waals surface area contributed by atoms with E-state index in [-0.39, 0.29) is 24.1 Å². The average Bonchev–Trinajstić information content (AvgIpc) is 2.67. The van der Waals surface area contributed by atoms with Crippen molar-refractivity contribution in [2.24, 2.45) is 0 Å². The van der Waals surface area contributed by atoms with Gasteiger partial charge in [-0.05, 0) is 50.6 Å². The summed E-state index contributed by atoms with van der Waals surface area (Å²) in [6.07, 6.45) is 0. The number of benzene rings is 2. The molecule has 4 nitrogen and oxygen atoms in total. The number of carbonyl (C=O) groups excluding carboxylic acids is 2. The molecule has 2 aromatic rings. The summed E-state index contributed by atoms with van der Waals surface area (Å²) in [5.41, 5.74) is 1.99. The van der Waals surface area contributed by atoms with Crippen LogP contribution in [0, 0.1) is 6.92 Å². The van der Waals surface area contributed by atoms with Gasteiger partial charge in [0.05, 0.1) is 15.8 Å². The fourth-order valence-electron chi connectivity index (χ4n) is 2.60. The molecular weight excluding hydrogens is 415 g/mol. The summed E-state index contributed by atoms with van der Waals surface area (Å²) in [5.74, 6) is -0.0552. The molecule has 1 unspecified atom stereocenters. The quantitative estimate of drug-likeness (QED) is 0.593. The van der Waals surface area contributed by atoms with Crippen LogP contribution in [-0.4, -0.2) is 35.1 Å². The molecule has 1 N–H and O–H groups in total. The van der Waals surface area contributed by atoms with Crippen LogP contribution in [0.25, 0.3) is 0 Å². The molecular formula is C21H24Cl2N2O2S. The van der Waals surface area contributed by atoms with Crippen molar-refractivity contribution in [3.8, 4) is 0 Å². The molecule has 0 bridgehead atoms. The summed E-state index contributed by atoms with van der Waals surface area (Å²) in [6, 6.07) is 12.6. The standard InChI is InChI=1S/C21H24Cl2N2O2S/c1-4-24-21(27)15(3)25(12-16-7-10-18(22)19(23)11-16)20(26)13-28-17-8-5-14(2)6-9-17/h5-11,15H,4,12-13H2,1-3H3,(H,24,27). The molecule has 150 valence electrons. The van der Waals surface area contributed by atoms with Gasteiger partial charge < -0.3 is 10.2 Å². The monoisotopic (exact) mass is 438 g/mol. The summed E-state index contributed by atoms with van der Waals surface area (Å²) in [7, 11) is 0.